The van der Waals surface area contributed by atoms with Crippen molar-refractivity contribution in [1.82, 2.24) is 10.2 Å². The highest BCUT2D eigenvalue weighted by Gasteiger charge is 2.33. The molecule has 0 spiro atoms. The fourth-order valence-corrected chi connectivity index (χ4v) is 1.50. The van der Waals surface area contributed by atoms with Gasteiger partial charge in [-0.25, -0.2) is 0 Å². The van der Waals surface area contributed by atoms with Gasteiger partial charge in [-0.15, -0.1) is 24.8 Å². The van der Waals surface area contributed by atoms with Crippen LogP contribution in [0.5, 0.6) is 0 Å². The van der Waals surface area contributed by atoms with Crippen LogP contribution in [0.1, 0.15) is 12.8 Å². The molecule has 1 aliphatic rings. The molecule has 5 heteroatoms. The second-order valence-corrected chi connectivity index (χ2v) is 3.29. The van der Waals surface area contributed by atoms with Gasteiger partial charge >= 0.3 is 0 Å². The van der Waals surface area contributed by atoms with Crippen molar-refractivity contribution in [2.75, 3.05) is 27.2 Å². The van der Waals surface area contributed by atoms with Gasteiger partial charge in [0, 0.05) is 0 Å². The second kappa shape index (κ2) is 6.44. The number of hydrogen-bond donors (Lipinski definition) is 1. The Morgan fingerprint density at radius 3 is 1.92 bits per heavy atom. The SMILES string of the molecule is CN(C)C1(C#N)CCNCC1.Cl.Cl. The number of piperidine rings is 1. The first-order valence-electron chi connectivity index (χ1n) is 4.01. The molecule has 0 amide bonds. The zero-order chi connectivity index (χ0) is 8.32. The molecule has 0 aromatic rings. The first-order chi connectivity index (χ1) is 5.21. The first kappa shape index (κ1) is 15.5. The van der Waals surface area contributed by atoms with E-state index in [1.807, 2.05) is 19.0 Å². The summed E-state index contributed by atoms with van der Waals surface area (Å²) in [5.41, 5.74) is -0.203. The lowest BCUT2D eigenvalue weighted by molar-refractivity contribution is 0.167. The van der Waals surface area contributed by atoms with Crippen LogP contribution < -0.4 is 5.32 Å². The molecule has 0 bridgehead atoms. The number of nitrogens with one attached hydrogen (secondary N) is 1. The summed E-state index contributed by atoms with van der Waals surface area (Å²) in [6.45, 7) is 1.93. The number of nitriles is 1. The molecule has 1 heterocycles. The van der Waals surface area contributed by atoms with Gasteiger partial charge in [-0.05, 0) is 40.0 Å². The smallest absolute Gasteiger partial charge is 0.111 e. The molecule has 1 aliphatic heterocycles. The van der Waals surface area contributed by atoms with Crippen molar-refractivity contribution >= 4 is 24.8 Å². The van der Waals surface area contributed by atoms with Crippen molar-refractivity contribution in [3.8, 4) is 6.07 Å². The highest BCUT2D eigenvalue weighted by Crippen LogP contribution is 2.22. The van der Waals surface area contributed by atoms with Crippen molar-refractivity contribution in [3.63, 3.8) is 0 Å². The Kier molecular flexibility index (Phi) is 7.67. The molecule has 3 nitrogen and oxygen atoms in total. The standard InChI is InChI=1S/C8H15N3.2ClH/c1-11(2)8(7-9)3-5-10-6-4-8;;/h10H,3-6H2,1-2H3;2*1H. The molecule has 1 rings (SSSR count). The lowest BCUT2D eigenvalue weighted by Crippen LogP contribution is -2.50. The number of nitrogens with zero attached hydrogens (tertiary/aromatic N) is 2. The van der Waals surface area contributed by atoms with Crippen LogP contribution in [0.15, 0.2) is 0 Å². The van der Waals surface area contributed by atoms with Crippen molar-refractivity contribution in [2.24, 2.45) is 0 Å². The maximum Gasteiger partial charge on any atom is 0.111 e. The van der Waals surface area contributed by atoms with E-state index in [0.29, 0.717) is 0 Å². The minimum atomic E-state index is -0.203. The molecule has 0 aromatic heterocycles. The summed E-state index contributed by atoms with van der Waals surface area (Å²) in [7, 11) is 3.96. The summed E-state index contributed by atoms with van der Waals surface area (Å²) in [5, 5.41) is 12.2. The molecule has 0 radical (unpaired) electrons. The Morgan fingerprint density at radius 1 is 1.23 bits per heavy atom. The Balaban J connectivity index is 0. The van der Waals surface area contributed by atoms with Gasteiger partial charge in [-0.2, -0.15) is 5.26 Å². The van der Waals surface area contributed by atoms with E-state index in [1.54, 1.807) is 0 Å². The molecular formula is C8H17Cl2N3. The fourth-order valence-electron chi connectivity index (χ4n) is 1.50. The Hall–Kier alpha value is -0.0100. The third-order valence-electron chi connectivity index (χ3n) is 2.49. The van der Waals surface area contributed by atoms with Crippen LogP contribution in [-0.2, 0) is 0 Å². The van der Waals surface area contributed by atoms with Gasteiger partial charge in [0.05, 0.1) is 6.07 Å². The van der Waals surface area contributed by atoms with Gasteiger partial charge in [0.15, 0.2) is 0 Å². The predicted octanol–water partition coefficient (Wildman–Crippen LogP) is 1.04. The molecule has 0 aromatic carbocycles. The summed E-state index contributed by atoms with van der Waals surface area (Å²) in [6, 6.07) is 2.40. The average Bonchev–Trinajstić information content (AvgIpc) is 2.05. The highest BCUT2D eigenvalue weighted by molar-refractivity contribution is 5.85. The summed E-state index contributed by atoms with van der Waals surface area (Å²) in [4.78, 5) is 2.04. The monoisotopic (exact) mass is 225 g/mol. The third kappa shape index (κ3) is 3.32. The van der Waals surface area contributed by atoms with Crippen LogP contribution in [0.25, 0.3) is 0 Å². The molecule has 0 aliphatic carbocycles. The van der Waals surface area contributed by atoms with Crippen molar-refractivity contribution < 1.29 is 0 Å². The number of rotatable bonds is 1. The summed E-state index contributed by atoms with van der Waals surface area (Å²) in [6.07, 6.45) is 1.88. The minimum Gasteiger partial charge on any atom is -0.317 e. The molecule has 1 N–H and O–H groups in total. The Bertz CT molecular complexity index is 171. The first-order valence-corrected chi connectivity index (χ1v) is 4.01. The Labute approximate surface area is 92.3 Å². The van der Waals surface area contributed by atoms with Crippen molar-refractivity contribution in [3.05, 3.63) is 0 Å². The molecule has 0 atom stereocenters. The average molecular weight is 226 g/mol. The Morgan fingerprint density at radius 2 is 1.69 bits per heavy atom. The van der Waals surface area contributed by atoms with E-state index in [4.69, 9.17) is 5.26 Å². The zero-order valence-electron chi connectivity index (χ0n) is 8.04. The van der Waals surface area contributed by atoms with Crippen LogP contribution in [-0.4, -0.2) is 37.6 Å². The van der Waals surface area contributed by atoms with E-state index >= 15 is 0 Å². The third-order valence-corrected chi connectivity index (χ3v) is 2.49. The van der Waals surface area contributed by atoms with E-state index in [-0.39, 0.29) is 30.4 Å². The number of hydrogen-bond acceptors (Lipinski definition) is 3. The summed E-state index contributed by atoms with van der Waals surface area (Å²) in [5.74, 6) is 0. The van der Waals surface area contributed by atoms with E-state index in [0.717, 1.165) is 25.9 Å². The molecule has 78 valence electrons. The maximum atomic E-state index is 8.99. The topological polar surface area (TPSA) is 39.1 Å². The van der Waals surface area contributed by atoms with E-state index in [9.17, 15) is 0 Å². The van der Waals surface area contributed by atoms with Gasteiger partial charge in [-0.1, -0.05) is 0 Å². The van der Waals surface area contributed by atoms with Gasteiger partial charge in [0.1, 0.15) is 5.54 Å². The minimum absolute atomic E-state index is 0. The number of halogens is 2. The molecular weight excluding hydrogens is 209 g/mol. The van der Waals surface area contributed by atoms with Gasteiger partial charge in [0.2, 0.25) is 0 Å². The molecule has 0 saturated carbocycles. The van der Waals surface area contributed by atoms with Crippen molar-refractivity contribution in [2.45, 2.75) is 18.4 Å². The lowest BCUT2D eigenvalue weighted by atomic mass is 9.89. The highest BCUT2D eigenvalue weighted by atomic mass is 35.5. The zero-order valence-corrected chi connectivity index (χ0v) is 9.67. The van der Waals surface area contributed by atoms with E-state index < -0.39 is 0 Å². The van der Waals surface area contributed by atoms with Crippen LogP contribution in [0.4, 0.5) is 0 Å². The fraction of sp³-hybridized carbons (Fsp3) is 0.875. The summed E-state index contributed by atoms with van der Waals surface area (Å²) >= 11 is 0. The normalized spacial score (nSPS) is 19.5. The molecule has 1 fully saturated rings. The quantitative estimate of drug-likeness (QED) is 0.726. The molecule has 1 saturated heterocycles. The lowest BCUT2D eigenvalue weighted by Gasteiger charge is -2.36. The summed E-state index contributed by atoms with van der Waals surface area (Å²) < 4.78 is 0. The van der Waals surface area contributed by atoms with Gasteiger partial charge in [0.25, 0.3) is 0 Å². The van der Waals surface area contributed by atoms with Gasteiger partial charge in [-0.3, -0.25) is 4.90 Å². The largest absolute Gasteiger partial charge is 0.317 e. The van der Waals surface area contributed by atoms with E-state index in [1.165, 1.54) is 0 Å². The van der Waals surface area contributed by atoms with Crippen LogP contribution >= 0.6 is 24.8 Å². The molecule has 13 heavy (non-hydrogen) atoms. The molecule has 0 unspecified atom stereocenters. The van der Waals surface area contributed by atoms with Crippen LogP contribution in [0.2, 0.25) is 0 Å². The van der Waals surface area contributed by atoms with Crippen LogP contribution in [0.3, 0.4) is 0 Å². The van der Waals surface area contributed by atoms with Crippen molar-refractivity contribution in [1.29, 1.82) is 5.26 Å². The van der Waals surface area contributed by atoms with Gasteiger partial charge < -0.3 is 5.32 Å². The maximum absolute atomic E-state index is 8.99. The second-order valence-electron chi connectivity index (χ2n) is 3.29. The predicted molar refractivity (Wildman–Crippen MR) is 58.6 cm³/mol. The van der Waals surface area contributed by atoms with Crippen LogP contribution in [0, 0.1) is 11.3 Å². The van der Waals surface area contributed by atoms with E-state index in [2.05, 4.69) is 11.4 Å².